The van der Waals surface area contributed by atoms with E-state index in [2.05, 4.69) is 27.7 Å². The van der Waals surface area contributed by atoms with Gasteiger partial charge >= 0.3 is 0 Å². The second-order valence-electron chi connectivity index (χ2n) is 6.91. The van der Waals surface area contributed by atoms with E-state index in [0.717, 1.165) is 36.1 Å². The highest BCUT2D eigenvalue weighted by atomic mass is 14.9. The molecule has 0 radical (unpaired) electrons. The van der Waals surface area contributed by atoms with Gasteiger partial charge in [-0.3, -0.25) is 0 Å². The Morgan fingerprint density at radius 3 is 2.43 bits per heavy atom. The molecule has 0 amide bonds. The Bertz CT molecular complexity index is 447. The smallest absolute Gasteiger partial charge is 0.131 e. The lowest BCUT2D eigenvalue weighted by atomic mass is 9.79. The van der Waals surface area contributed by atoms with Gasteiger partial charge in [0, 0.05) is 17.3 Å². The normalized spacial score (nSPS) is 24.0. The van der Waals surface area contributed by atoms with Gasteiger partial charge in [0.25, 0.3) is 0 Å². The lowest BCUT2D eigenvalue weighted by Gasteiger charge is -2.28. The summed E-state index contributed by atoms with van der Waals surface area (Å²) in [6.07, 6.45) is 7.53. The van der Waals surface area contributed by atoms with E-state index < -0.39 is 0 Å². The SMILES string of the molecule is CCC1CCCC(c2nc(C)c(CC(C)CN)c(C)n2)C1. The first-order chi connectivity index (χ1) is 10.0. The molecule has 3 heteroatoms. The summed E-state index contributed by atoms with van der Waals surface area (Å²) < 4.78 is 0. The van der Waals surface area contributed by atoms with Crippen LogP contribution in [0, 0.1) is 25.7 Å². The number of nitrogens with zero attached hydrogens (tertiary/aromatic N) is 2. The van der Waals surface area contributed by atoms with Crippen LogP contribution in [0.25, 0.3) is 0 Å². The molecule has 3 atom stereocenters. The molecule has 21 heavy (non-hydrogen) atoms. The molecule has 0 bridgehead atoms. The van der Waals surface area contributed by atoms with Crippen LogP contribution in [0.2, 0.25) is 0 Å². The fraction of sp³-hybridized carbons (Fsp3) is 0.778. The zero-order chi connectivity index (χ0) is 15.4. The maximum Gasteiger partial charge on any atom is 0.131 e. The quantitative estimate of drug-likeness (QED) is 0.894. The predicted molar refractivity (Wildman–Crippen MR) is 88.4 cm³/mol. The Labute approximate surface area is 129 Å². The summed E-state index contributed by atoms with van der Waals surface area (Å²) in [7, 11) is 0. The Morgan fingerprint density at radius 2 is 1.86 bits per heavy atom. The molecule has 1 heterocycles. The van der Waals surface area contributed by atoms with Gasteiger partial charge in [-0.1, -0.05) is 33.1 Å². The molecule has 3 unspecified atom stereocenters. The number of aryl methyl sites for hydroxylation is 2. The molecule has 1 aliphatic carbocycles. The molecule has 0 saturated heterocycles. The van der Waals surface area contributed by atoms with Crippen LogP contribution in [-0.4, -0.2) is 16.5 Å². The van der Waals surface area contributed by atoms with Gasteiger partial charge in [0.2, 0.25) is 0 Å². The number of aromatic nitrogens is 2. The van der Waals surface area contributed by atoms with Crippen molar-refractivity contribution < 1.29 is 0 Å². The third kappa shape index (κ3) is 4.03. The zero-order valence-corrected chi connectivity index (χ0v) is 14.2. The number of hydrogen-bond donors (Lipinski definition) is 1. The first kappa shape index (κ1) is 16.4. The topological polar surface area (TPSA) is 51.8 Å². The third-order valence-corrected chi connectivity index (χ3v) is 5.12. The van der Waals surface area contributed by atoms with Gasteiger partial charge in [0.1, 0.15) is 5.82 Å². The monoisotopic (exact) mass is 289 g/mol. The van der Waals surface area contributed by atoms with Crippen LogP contribution in [0.1, 0.15) is 74.6 Å². The van der Waals surface area contributed by atoms with Gasteiger partial charge in [-0.05, 0) is 57.1 Å². The lowest BCUT2D eigenvalue weighted by molar-refractivity contribution is 0.306. The summed E-state index contributed by atoms with van der Waals surface area (Å²) in [5, 5.41) is 0. The zero-order valence-electron chi connectivity index (χ0n) is 14.2. The maximum absolute atomic E-state index is 5.76. The van der Waals surface area contributed by atoms with Gasteiger partial charge < -0.3 is 5.73 Å². The molecule has 1 aromatic rings. The summed E-state index contributed by atoms with van der Waals surface area (Å²) in [5.41, 5.74) is 9.39. The van der Waals surface area contributed by atoms with Crippen molar-refractivity contribution in [2.45, 2.75) is 72.1 Å². The van der Waals surface area contributed by atoms with E-state index in [-0.39, 0.29) is 0 Å². The molecule has 2 N–H and O–H groups in total. The Kier molecular flexibility index (Phi) is 5.74. The molecular formula is C18H31N3. The van der Waals surface area contributed by atoms with E-state index in [4.69, 9.17) is 15.7 Å². The Balaban J connectivity index is 2.19. The van der Waals surface area contributed by atoms with Crippen LogP contribution in [0.3, 0.4) is 0 Å². The molecule has 1 aromatic heterocycles. The predicted octanol–water partition coefficient (Wildman–Crippen LogP) is 3.91. The van der Waals surface area contributed by atoms with Gasteiger partial charge in [-0.2, -0.15) is 0 Å². The molecule has 0 aliphatic heterocycles. The lowest BCUT2D eigenvalue weighted by Crippen LogP contribution is -2.19. The van der Waals surface area contributed by atoms with Crippen LogP contribution < -0.4 is 5.73 Å². The third-order valence-electron chi connectivity index (χ3n) is 5.12. The molecule has 3 nitrogen and oxygen atoms in total. The highest BCUT2D eigenvalue weighted by molar-refractivity contribution is 5.26. The van der Waals surface area contributed by atoms with Crippen molar-refractivity contribution in [2.75, 3.05) is 6.54 Å². The van der Waals surface area contributed by atoms with Crippen molar-refractivity contribution >= 4 is 0 Å². The van der Waals surface area contributed by atoms with E-state index in [1.807, 2.05) is 0 Å². The van der Waals surface area contributed by atoms with Gasteiger partial charge in [-0.15, -0.1) is 0 Å². The van der Waals surface area contributed by atoms with Crippen molar-refractivity contribution in [1.29, 1.82) is 0 Å². The molecule has 0 spiro atoms. The van der Waals surface area contributed by atoms with Gasteiger partial charge in [0.15, 0.2) is 0 Å². The summed E-state index contributed by atoms with van der Waals surface area (Å²) in [6.45, 7) is 9.50. The average Bonchev–Trinajstić information content (AvgIpc) is 2.50. The second-order valence-corrected chi connectivity index (χ2v) is 6.91. The highest BCUT2D eigenvalue weighted by Crippen LogP contribution is 2.36. The average molecular weight is 289 g/mol. The number of rotatable bonds is 5. The first-order valence-corrected chi connectivity index (χ1v) is 8.59. The van der Waals surface area contributed by atoms with Crippen molar-refractivity contribution in [3.8, 4) is 0 Å². The van der Waals surface area contributed by atoms with E-state index in [9.17, 15) is 0 Å². The molecule has 1 fully saturated rings. The molecule has 1 saturated carbocycles. The largest absolute Gasteiger partial charge is 0.330 e. The van der Waals surface area contributed by atoms with E-state index in [1.165, 1.54) is 37.7 Å². The fourth-order valence-corrected chi connectivity index (χ4v) is 3.57. The Morgan fingerprint density at radius 1 is 1.19 bits per heavy atom. The van der Waals surface area contributed by atoms with E-state index >= 15 is 0 Å². The molecule has 118 valence electrons. The van der Waals surface area contributed by atoms with E-state index in [1.54, 1.807) is 0 Å². The molecule has 1 aliphatic rings. The van der Waals surface area contributed by atoms with Gasteiger partial charge in [0.05, 0.1) is 0 Å². The maximum atomic E-state index is 5.76. The molecule has 0 aromatic carbocycles. The minimum absolute atomic E-state index is 0.496. The van der Waals surface area contributed by atoms with Crippen molar-refractivity contribution in [2.24, 2.45) is 17.6 Å². The van der Waals surface area contributed by atoms with Crippen molar-refractivity contribution in [1.82, 2.24) is 9.97 Å². The summed E-state index contributed by atoms with van der Waals surface area (Å²) in [6, 6.07) is 0. The second kappa shape index (κ2) is 7.35. The van der Waals surface area contributed by atoms with Crippen molar-refractivity contribution in [3.05, 3.63) is 22.8 Å². The highest BCUT2D eigenvalue weighted by Gasteiger charge is 2.25. The van der Waals surface area contributed by atoms with Crippen LogP contribution in [0.5, 0.6) is 0 Å². The summed E-state index contributed by atoms with van der Waals surface area (Å²) in [4.78, 5) is 9.72. The van der Waals surface area contributed by atoms with Crippen LogP contribution in [-0.2, 0) is 6.42 Å². The van der Waals surface area contributed by atoms with Crippen LogP contribution >= 0.6 is 0 Å². The minimum atomic E-state index is 0.496. The number of hydrogen-bond acceptors (Lipinski definition) is 3. The van der Waals surface area contributed by atoms with Gasteiger partial charge in [-0.25, -0.2) is 9.97 Å². The van der Waals surface area contributed by atoms with Crippen LogP contribution in [0.15, 0.2) is 0 Å². The molecule has 2 rings (SSSR count). The first-order valence-electron chi connectivity index (χ1n) is 8.59. The Hall–Kier alpha value is -0.960. The van der Waals surface area contributed by atoms with Crippen molar-refractivity contribution in [3.63, 3.8) is 0 Å². The summed E-state index contributed by atoms with van der Waals surface area (Å²) >= 11 is 0. The summed E-state index contributed by atoms with van der Waals surface area (Å²) in [5.74, 6) is 3.02. The molecular weight excluding hydrogens is 258 g/mol. The van der Waals surface area contributed by atoms with E-state index in [0.29, 0.717) is 11.8 Å². The fourth-order valence-electron chi connectivity index (χ4n) is 3.57. The number of nitrogens with two attached hydrogens (primary N) is 1. The van der Waals surface area contributed by atoms with Crippen LogP contribution in [0.4, 0.5) is 0 Å². The minimum Gasteiger partial charge on any atom is -0.330 e. The standard InChI is InChI=1S/C18H31N3/c1-5-15-7-6-8-16(10-15)18-20-13(3)17(14(4)21-18)9-12(2)11-19/h12,15-16H,5-11,19H2,1-4H3.